The smallest absolute Gasteiger partial charge is 0.314 e. The lowest BCUT2D eigenvalue weighted by Gasteiger charge is -2.27. The second-order valence-corrected chi connectivity index (χ2v) is 4.86. The first-order valence-electron chi connectivity index (χ1n) is 6.23. The number of nitrogens with zero attached hydrogens (tertiary/aromatic N) is 3. The summed E-state index contributed by atoms with van der Waals surface area (Å²) in [6, 6.07) is 6.38. The van der Waals surface area contributed by atoms with Gasteiger partial charge in [0, 0.05) is 5.92 Å². The number of anilines is 1. The molecule has 2 aromatic rings. The lowest BCUT2D eigenvalue weighted by Crippen LogP contribution is -2.28. The summed E-state index contributed by atoms with van der Waals surface area (Å²) in [5.74, 6) is -2.04. The van der Waals surface area contributed by atoms with Crippen LogP contribution in [-0.4, -0.2) is 25.8 Å². The van der Waals surface area contributed by atoms with E-state index in [1.54, 1.807) is 18.2 Å². The molecule has 6 nitrogen and oxygen atoms in total. The van der Waals surface area contributed by atoms with Gasteiger partial charge in [-0.1, -0.05) is 18.2 Å². The fourth-order valence-corrected chi connectivity index (χ4v) is 2.68. The van der Waals surface area contributed by atoms with E-state index in [0.717, 1.165) is 0 Å². The number of aliphatic carboxylic acids is 1. The van der Waals surface area contributed by atoms with Crippen molar-refractivity contribution in [3.8, 4) is 0 Å². The maximum atomic E-state index is 13.9. The van der Waals surface area contributed by atoms with Crippen molar-refractivity contribution < 1.29 is 14.3 Å². The van der Waals surface area contributed by atoms with Crippen molar-refractivity contribution in [3.63, 3.8) is 0 Å². The Kier molecular flexibility index (Phi) is 2.89. The van der Waals surface area contributed by atoms with E-state index in [-0.39, 0.29) is 24.1 Å². The number of hydrogen-bond donors (Lipinski definition) is 2. The highest BCUT2D eigenvalue weighted by molar-refractivity contribution is 5.75. The summed E-state index contributed by atoms with van der Waals surface area (Å²) in [6.07, 6.45) is 0.286. The van der Waals surface area contributed by atoms with Gasteiger partial charge in [-0.15, -0.1) is 5.10 Å². The summed E-state index contributed by atoms with van der Waals surface area (Å²) in [4.78, 5) is 15.3. The molecule has 3 N–H and O–H groups in total. The Morgan fingerprint density at radius 3 is 2.90 bits per heavy atom. The van der Waals surface area contributed by atoms with E-state index in [1.165, 1.54) is 10.7 Å². The molecule has 0 radical (unpaired) electrons. The molecule has 3 rings (SSSR count). The fourth-order valence-electron chi connectivity index (χ4n) is 2.68. The highest BCUT2D eigenvalue weighted by Gasteiger charge is 2.36. The molecule has 104 valence electrons. The molecule has 1 aliphatic rings. The number of rotatable bonds is 2. The number of benzene rings is 1. The molecular weight excluding hydrogens is 263 g/mol. The van der Waals surface area contributed by atoms with Crippen molar-refractivity contribution in [1.82, 2.24) is 14.8 Å². The van der Waals surface area contributed by atoms with Crippen molar-refractivity contribution in [1.29, 1.82) is 0 Å². The molecule has 0 aliphatic carbocycles. The summed E-state index contributed by atoms with van der Waals surface area (Å²) in [5, 5.41) is 13.3. The fraction of sp³-hybridized carbons (Fsp3) is 0.308. The molecule has 2 unspecified atom stereocenters. The van der Waals surface area contributed by atoms with Gasteiger partial charge in [-0.05, 0) is 18.1 Å². The third-order valence-electron chi connectivity index (χ3n) is 3.59. The van der Waals surface area contributed by atoms with E-state index in [1.807, 2.05) is 0 Å². The van der Waals surface area contributed by atoms with Crippen molar-refractivity contribution in [3.05, 3.63) is 41.5 Å². The first kappa shape index (κ1) is 12.6. The lowest BCUT2D eigenvalue weighted by atomic mass is 9.85. The number of carboxylic acid groups (broad SMARTS) is 1. The third-order valence-corrected chi connectivity index (χ3v) is 3.59. The second-order valence-electron chi connectivity index (χ2n) is 4.86. The summed E-state index contributed by atoms with van der Waals surface area (Å²) in [5.41, 5.74) is 6.02. The van der Waals surface area contributed by atoms with Crippen molar-refractivity contribution in [2.45, 2.75) is 24.8 Å². The van der Waals surface area contributed by atoms with E-state index in [2.05, 4.69) is 10.1 Å². The molecule has 2 heterocycles. The average Bonchev–Trinajstić information content (AvgIpc) is 2.77. The standard InChI is InChI=1S/C13H13FN4O2/c14-10-4-2-1-3-8(10)7-5-9(12(19)20)11-16-13(15)17-18(11)6-7/h1-4,7,9H,5-6H2,(H2,15,17)(H,19,20). The number of nitrogens with two attached hydrogens (primary N) is 1. The predicted octanol–water partition coefficient (Wildman–Crippen LogP) is 1.36. The third kappa shape index (κ3) is 2.01. The maximum Gasteiger partial charge on any atom is 0.314 e. The van der Waals surface area contributed by atoms with Crippen LogP contribution in [0, 0.1) is 5.82 Å². The van der Waals surface area contributed by atoms with Crippen LogP contribution in [0.2, 0.25) is 0 Å². The van der Waals surface area contributed by atoms with E-state index < -0.39 is 11.9 Å². The van der Waals surface area contributed by atoms with Crippen LogP contribution in [0.4, 0.5) is 10.3 Å². The van der Waals surface area contributed by atoms with E-state index >= 15 is 0 Å². The first-order valence-corrected chi connectivity index (χ1v) is 6.23. The molecule has 7 heteroatoms. The van der Waals surface area contributed by atoms with Gasteiger partial charge < -0.3 is 10.8 Å². The van der Waals surface area contributed by atoms with Crippen LogP contribution in [0.15, 0.2) is 24.3 Å². The average molecular weight is 276 g/mol. The Morgan fingerprint density at radius 1 is 1.45 bits per heavy atom. The first-order chi connectivity index (χ1) is 9.56. The SMILES string of the molecule is Nc1nc2n(n1)CC(c1ccccc1F)CC2C(=O)O. The molecule has 0 amide bonds. The Morgan fingerprint density at radius 2 is 2.20 bits per heavy atom. The lowest BCUT2D eigenvalue weighted by molar-refractivity contribution is -0.139. The summed E-state index contributed by atoms with van der Waals surface area (Å²) < 4.78 is 15.3. The number of fused-ring (bicyclic) bond motifs is 1. The van der Waals surface area contributed by atoms with Crippen LogP contribution in [0.1, 0.15) is 29.6 Å². The summed E-state index contributed by atoms with van der Waals surface area (Å²) in [7, 11) is 0. The molecule has 0 saturated heterocycles. The van der Waals surface area contributed by atoms with Gasteiger partial charge in [0.2, 0.25) is 5.95 Å². The van der Waals surface area contributed by atoms with Crippen LogP contribution in [-0.2, 0) is 11.3 Å². The summed E-state index contributed by atoms with van der Waals surface area (Å²) >= 11 is 0. The maximum absolute atomic E-state index is 13.9. The highest BCUT2D eigenvalue weighted by Crippen LogP contribution is 2.36. The summed E-state index contributed by atoms with van der Waals surface area (Å²) in [6.45, 7) is 0.379. The number of nitrogen functional groups attached to an aromatic ring is 1. The molecule has 1 aliphatic heterocycles. The Balaban J connectivity index is 2.02. The Labute approximate surface area is 114 Å². The van der Waals surface area contributed by atoms with Crippen LogP contribution in [0.3, 0.4) is 0 Å². The van der Waals surface area contributed by atoms with Gasteiger partial charge in [-0.2, -0.15) is 4.98 Å². The van der Waals surface area contributed by atoms with Crippen LogP contribution < -0.4 is 5.73 Å². The number of carboxylic acids is 1. The normalized spacial score (nSPS) is 21.4. The molecular formula is C13H13FN4O2. The Bertz CT molecular complexity index is 670. The minimum atomic E-state index is -1.00. The van der Waals surface area contributed by atoms with Crippen LogP contribution in [0.5, 0.6) is 0 Å². The molecule has 0 saturated carbocycles. The minimum Gasteiger partial charge on any atom is -0.481 e. The van der Waals surface area contributed by atoms with Gasteiger partial charge >= 0.3 is 5.97 Å². The monoisotopic (exact) mass is 276 g/mol. The van der Waals surface area contributed by atoms with Gasteiger partial charge in [0.1, 0.15) is 17.6 Å². The van der Waals surface area contributed by atoms with Crippen molar-refractivity contribution in [2.75, 3.05) is 5.73 Å². The van der Waals surface area contributed by atoms with Gasteiger partial charge in [-0.3, -0.25) is 4.79 Å². The molecule has 2 atom stereocenters. The minimum absolute atomic E-state index is 0.0421. The zero-order valence-corrected chi connectivity index (χ0v) is 10.5. The van der Waals surface area contributed by atoms with Crippen LogP contribution in [0.25, 0.3) is 0 Å². The molecule has 20 heavy (non-hydrogen) atoms. The van der Waals surface area contributed by atoms with Crippen molar-refractivity contribution >= 4 is 11.9 Å². The molecule has 0 bridgehead atoms. The number of carbonyl (C=O) groups is 1. The highest BCUT2D eigenvalue weighted by atomic mass is 19.1. The van der Waals surface area contributed by atoms with Gasteiger partial charge in [0.25, 0.3) is 0 Å². The van der Waals surface area contributed by atoms with Crippen molar-refractivity contribution in [2.24, 2.45) is 0 Å². The van der Waals surface area contributed by atoms with Gasteiger partial charge in [0.15, 0.2) is 0 Å². The zero-order chi connectivity index (χ0) is 14.3. The van der Waals surface area contributed by atoms with Gasteiger partial charge in [-0.25, -0.2) is 9.07 Å². The Hall–Kier alpha value is -2.44. The molecule has 1 aromatic carbocycles. The predicted molar refractivity (Wildman–Crippen MR) is 68.6 cm³/mol. The molecule has 1 aromatic heterocycles. The second kappa shape index (κ2) is 4.59. The zero-order valence-electron chi connectivity index (χ0n) is 10.5. The molecule has 0 fully saturated rings. The van der Waals surface area contributed by atoms with E-state index in [0.29, 0.717) is 17.9 Å². The number of halogens is 1. The van der Waals surface area contributed by atoms with Gasteiger partial charge in [0.05, 0.1) is 6.54 Å². The molecule has 0 spiro atoms. The number of hydrogen-bond acceptors (Lipinski definition) is 4. The van der Waals surface area contributed by atoms with E-state index in [9.17, 15) is 14.3 Å². The topological polar surface area (TPSA) is 94.0 Å². The largest absolute Gasteiger partial charge is 0.481 e. The van der Waals surface area contributed by atoms with Crippen LogP contribution >= 0.6 is 0 Å². The number of aromatic nitrogens is 3. The van der Waals surface area contributed by atoms with E-state index in [4.69, 9.17) is 5.73 Å². The quantitative estimate of drug-likeness (QED) is 0.863.